The van der Waals surface area contributed by atoms with Gasteiger partial charge in [0.15, 0.2) is 0 Å². The van der Waals surface area contributed by atoms with Crippen molar-refractivity contribution in [3.8, 4) is 5.75 Å². The third kappa shape index (κ3) is 4.52. The summed E-state index contributed by atoms with van der Waals surface area (Å²) in [6.45, 7) is 0.875. The fraction of sp³-hybridized carbons (Fsp3) is 0.333. The lowest BCUT2D eigenvalue weighted by Crippen LogP contribution is -2.27. The van der Waals surface area contributed by atoms with E-state index in [0.717, 1.165) is 5.82 Å². The van der Waals surface area contributed by atoms with Crippen LogP contribution in [0.15, 0.2) is 36.7 Å². The summed E-state index contributed by atoms with van der Waals surface area (Å²) in [6.07, 6.45) is 4.64. The number of carbonyl (C=O) groups excluding carboxylic acids is 1. The van der Waals surface area contributed by atoms with Crippen molar-refractivity contribution in [1.29, 1.82) is 0 Å². The molecule has 0 fully saturated rings. The number of aryl methyl sites for hydroxylation is 1. The van der Waals surface area contributed by atoms with Gasteiger partial charge >= 0.3 is 0 Å². The highest BCUT2D eigenvalue weighted by molar-refractivity contribution is 5.76. The maximum Gasteiger partial charge on any atom is 0.223 e. The number of rotatable bonds is 7. The molecule has 0 aliphatic heterocycles. The summed E-state index contributed by atoms with van der Waals surface area (Å²) in [5.74, 6) is 1.51. The Labute approximate surface area is 123 Å². The molecule has 0 radical (unpaired) electrons. The van der Waals surface area contributed by atoms with E-state index in [1.54, 1.807) is 18.3 Å². The molecule has 0 aliphatic carbocycles. The highest BCUT2D eigenvalue weighted by Gasteiger charge is 2.04. The molecule has 1 amide bonds. The number of nitrogens with two attached hydrogens (primary N) is 1. The predicted octanol–water partition coefficient (Wildman–Crippen LogP) is 1.13. The highest BCUT2D eigenvalue weighted by atomic mass is 16.5. The number of para-hydroxylation sites is 2. The summed E-state index contributed by atoms with van der Waals surface area (Å²) in [6, 6.07) is 7.24. The lowest BCUT2D eigenvalue weighted by molar-refractivity contribution is -0.121. The van der Waals surface area contributed by atoms with Gasteiger partial charge in [0.1, 0.15) is 11.6 Å². The van der Waals surface area contributed by atoms with E-state index in [1.807, 2.05) is 29.9 Å². The van der Waals surface area contributed by atoms with Crippen LogP contribution in [0.5, 0.6) is 5.75 Å². The van der Waals surface area contributed by atoms with Crippen LogP contribution in [-0.4, -0.2) is 28.6 Å². The Balaban J connectivity index is 1.64. The zero-order valence-corrected chi connectivity index (χ0v) is 12.1. The number of nitrogens with zero attached hydrogens (tertiary/aromatic N) is 2. The Morgan fingerprint density at radius 3 is 2.95 bits per heavy atom. The van der Waals surface area contributed by atoms with Crippen LogP contribution in [0.3, 0.4) is 0 Å². The lowest BCUT2D eigenvalue weighted by Gasteiger charge is -2.09. The molecule has 0 atom stereocenters. The molecular formula is C15H20N4O2. The maximum atomic E-state index is 11.7. The first-order valence-corrected chi connectivity index (χ1v) is 6.87. The number of carbonyl (C=O) groups is 1. The second-order valence-corrected chi connectivity index (χ2v) is 4.69. The Bertz CT molecular complexity index is 595. The van der Waals surface area contributed by atoms with Gasteiger partial charge in [-0.15, -0.1) is 0 Å². The number of anilines is 1. The zero-order chi connectivity index (χ0) is 15.1. The first kappa shape index (κ1) is 14.9. The van der Waals surface area contributed by atoms with E-state index in [4.69, 9.17) is 10.5 Å². The lowest BCUT2D eigenvalue weighted by atomic mass is 10.3. The Morgan fingerprint density at radius 2 is 2.24 bits per heavy atom. The third-order valence-electron chi connectivity index (χ3n) is 3.10. The molecule has 0 saturated carbocycles. The molecule has 21 heavy (non-hydrogen) atoms. The molecule has 1 aromatic carbocycles. The predicted molar refractivity (Wildman–Crippen MR) is 80.9 cm³/mol. The van der Waals surface area contributed by atoms with Crippen molar-refractivity contribution in [3.63, 3.8) is 0 Å². The van der Waals surface area contributed by atoms with E-state index in [2.05, 4.69) is 10.3 Å². The van der Waals surface area contributed by atoms with Gasteiger partial charge in [0.2, 0.25) is 5.91 Å². The van der Waals surface area contributed by atoms with Gasteiger partial charge in [-0.1, -0.05) is 12.1 Å². The van der Waals surface area contributed by atoms with Gasteiger partial charge in [-0.05, 0) is 12.1 Å². The fourth-order valence-corrected chi connectivity index (χ4v) is 1.91. The largest absolute Gasteiger partial charge is 0.491 e. The van der Waals surface area contributed by atoms with Gasteiger partial charge < -0.3 is 20.4 Å². The number of amides is 1. The number of benzene rings is 1. The first-order valence-electron chi connectivity index (χ1n) is 6.87. The van der Waals surface area contributed by atoms with E-state index in [-0.39, 0.29) is 5.91 Å². The highest BCUT2D eigenvalue weighted by Crippen LogP contribution is 2.19. The SMILES string of the molecule is Cn1ccnc1CCNC(=O)CCOc1ccccc1N. The summed E-state index contributed by atoms with van der Waals surface area (Å²) >= 11 is 0. The van der Waals surface area contributed by atoms with Crippen LogP contribution >= 0.6 is 0 Å². The van der Waals surface area contributed by atoms with Crippen LogP contribution in [0.2, 0.25) is 0 Å². The monoisotopic (exact) mass is 288 g/mol. The molecule has 2 rings (SSSR count). The number of ether oxygens (including phenoxy) is 1. The molecule has 2 aromatic rings. The Kier molecular flexibility index (Phi) is 5.20. The Morgan fingerprint density at radius 1 is 1.43 bits per heavy atom. The topological polar surface area (TPSA) is 82.2 Å². The second kappa shape index (κ2) is 7.33. The van der Waals surface area contributed by atoms with Gasteiger partial charge in [-0.2, -0.15) is 0 Å². The molecule has 0 aliphatic rings. The van der Waals surface area contributed by atoms with Crippen LogP contribution in [0.25, 0.3) is 0 Å². The minimum atomic E-state index is -0.0429. The molecule has 0 unspecified atom stereocenters. The molecule has 1 aromatic heterocycles. The van der Waals surface area contributed by atoms with Crippen molar-refractivity contribution in [1.82, 2.24) is 14.9 Å². The van der Waals surface area contributed by atoms with Crippen LogP contribution in [-0.2, 0) is 18.3 Å². The van der Waals surface area contributed by atoms with Gasteiger partial charge in [-0.25, -0.2) is 4.98 Å². The van der Waals surface area contributed by atoms with Crippen molar-refractivity contribution in [2.75, 3.05) is 18.9 Å². The standard InChI is InChI=1S/C15H20N4O2/c1-19-10-9-17-14(19)6-8-18-15(20)7-11-21-13-5-3-2-4-12(13)16/h2-5,9-10H,6-8,11,16H2,1H3,(H,18,20). The Hall–Kier alpha value is -2.50. The molecular weight excluding hydrogens is 268 g/mol. The van der Waals surface area contributed by atoms with Crippen LogP contribution in [0.4, 0.5) is 5.69 Å². The first-order chi connectivity index (χ1) is 10.2. The minimum absolute atomic E-state index is 0.0429. The maximum absolute atomic E-state index is 11.7. The van der Waals surface area contributed by atoms with Crippen molar-refractivity contribution >= 4 is 11.6 Å². The van der Waals surface area contributed by atoms with Crippen LogP contribution in [0, 0.1) is 0 Å². The molecule has 6 heteroatoms. The number of imidazole rings is 1. The summed E-state index contributed by atoms with van der Waals surface area (Å²) in [4.78, 5) is 15.9. The molecule has 0 spiro atoms. The summed E-state index contributed by atoms with van der Waals surface area (Å²) < 4.78 is 7.41. The molecule has 6 nitrogen and oxygen atoms in total. The average molecular weight is 288 g/mol. The van der Waals surface area contributed by atoms with Gasteiger partial charge in [0.25, 0.3) is 0 Å². The fourth-order valence-electron chi connectivity index (χ4n) is 1.91. The third-order valence-corrected chi connectivity index (χ3v) is 3.10. The van der Waals surface area contributed by atoms with E-state index < -0.39 is 0 Å². The molecule has 112 valence electrons. The van der Waals surface area contributed by atoms with Crippen molar-refractivity contribution in [2.24, 2.45) is 7.05 Å². The van der Waals surface area contributed by atoms with Crippen molar-refractivity contribution < 1.29 is 9.53 Å². The second-order valence-electron chi connectivity index (χ2n) is 4.69. The van der Waals surface area contributed by atoms with Gasteiger partial charge in [0.05, 0.1) is 18.7 Å². The number of nitrogens with one attached hydrogen (secondary N) is 1. The van der Waals surface area contributed by atoms with E-state index in [1.165, 1.54) is 0 Å². The van der Waals surface area contributed by atoms with Gasteiger partial charge in [-0.3, -0.25) is 4.79 Å². The van der Waals surface area contributed by atoms with E-state index in [0.29, 0.717) is 37.4 Å². The number of hydrogen-bond donors (Lipinski definition) is 2. The smallest absolute Gasteiger partial charge is 0.223 e. The summed E-state index contributed by atoms with van der Waals surface area (Å²) in [7, 11) is 1.93. The van der Waals surface area contributed by atoms with E-state index >= 15 is 0 Å². The average Bonchev–Trinajstić information content (AvgIpc) is 2.87. The van der Waals surface area contributed by atoms with Crippen molar-refractivity contribution in [3.05, 3.63) is 42.5 Å². The molecule has 1 heterocycles. The quantitative estimate of drug-likeness (QED) is 0.748. The normalized spacial score (nSPS) is 10.3. The molecule has 0 bridgehead atoms. The molecule has 0 saturated heterocycles. The van der Waals surface area contributed by atoms with E-state index in [9.17, 15) is 4.79 Å². The zero-order valence-electron chi connectivity index (χ0n) is 12.1. The number of nitrogen functional groups attached to an aromatic ring is 1. The number of aromatic nitrogens is 2. The number of hydrogen-bond acceptors (Lipinski definition) is 4. The molecule has 3 N–H and O–H groups in total. The van der Waals surface area contributed by atoms with Gasteiger partial charge in [0, 0.05) is 32.4 Å². The van der Waals surface area contributed by atoms with Crippen LogP contribution < -0.4 is 15.8 Å². The summed E-state index contributed by atoms with van der Waals surface area (Å²) in [5, 5.41) is 2.85. The summed E-state index contributed by atoms with van der Waals surface area (Å²) in [5.41, 5.74) is 6.33. The van der Waals surface area contributed by atoms with Crippen molar-refractivity contribution in [2.45, 2.75) is 12.8 Å². The minimum Gasteiger partial charge on any atom is -0.491 e. The van der Waals surface area contributed by atoms with Crippen LogP contribution in [0.1, 0.15) is 12.2 Å².